The first-order valence-corrected chi connectivity index (χ1v) is 9.66. The highest BCUT2D eigenvalue weighted by Gasteiger charge is 2.34. The lowest BCUT2D eigenvalue weighted by Gasteiger charge is -2.39. The van der Waals surface area contributed by atoms with E-state index >= 15 is 0 Å². The molecule has 1 aliphatic heterocycles. The predicted molar refractivity (Wildman–Crippen MR) is 108 cm³/mol. The molecule has 3 rings (SSSR count). The largest absolute Gasteiger partial charge is 0.447 e. The van der Waals surface area contributed by atoms with Gasteiger partial charge in [-0.15, -0.1) is 0 Å². The van der Waals surface area contributed by atoms with E-state index in [4.69, 9.17) is 10.5 Å². The molecule has 2 aromatic rings. The number of rotatable bonds is 5. The van der Waals surface area contributed by atoms with Crippen molar-refractivity contribution in [3.05, 3.63) is 30.0 Å². The smallest absolute Gasteiger partial charge is 0.407 e. The van der Waals surface area contributed by atoms with Gasteiger partial charge < -0.3 is 20.7 Å². The Bertz CT molecular complexity index is 842. The summed E-state index contributed by atoms with van der Waals surface area (Å²) in [5, 5.41) is 6.21. The number of aromatic nitrogens is 2. The van der Waals surface area contributed by atoms with Crippen molar-refractivity contribution in [2.45, 2.75) is 58.8 Å². The van der Waals surface area contributed by atoms with Crippen molar-refractivity contribution in [3.63, 3.8) is 0 Å². The van der Waals surface area contributed by atoms with Crippen LogP contribution in [0.3, 0.4) is 0 Å². The highest BCUT2D eigenvalue weighted by Crippen LogP contribution is 2.39. The molecule has 8 heteroatoms. The molecule has 28 heavy (non-hydrogen) atoms. The molecular weight excluding hydrogens is 358 g/mol. The van der Waals surface area contributed by atoms with Crippen molar-refractivity contribution in [1.82, 2.24) is 15.1 Å². The fourth-order valence-electron chi connectivity index (χ4n) is 3.74. The molecule has 8 nitrogen and oxygen atoms in total. The summed E-state index contributed by atoms with van der Waals surface area (Å²) in [7, 11) is 0. The number of nitrogens with two attached hydrogens (primary N) is 1. The second kappa shape index (κ2) is 8.10. The van der Waals surface area contributed by atoms with E-state index in [1.165, 1.54) is 0 Å². The predicted octanol–water partition coefficient (Wildman–Crippen LogP) is 2.76. The third-order valence-corrected chi connectivity index (χ3v) is 4.88. The molecule has 0 saturated carbocycles. The highest BCUT2D eigenvalue weighted by molar-refractivity contribution is 5.94. The van der Waals surface area contributed by atoms with E-state index in [0.29, 0.717) is 13.0 Å². The number of carbonyl (C=O) groups is 2. The topological polar surface area (TPSA) is 105 Å². The molecule has 2 amide bonds. The summed E-state index contributed by atoms with van der Waals surface area (Å²) in [6, 6.07) is 5.69. The van der Waals surface area contributed by atoms with Crippen LogP contribution in [0.15, 0.2) is 24.4 Å². The molecule has 1 aromatic carbocycles. The van der Waals surface area contributed by atoms with Gasteiger partial charge in [0.25, 0.3) is 0 Å². The van der Waals surface area contributed by atoms with Gasteiger partial charge in [0.15, 0.2) is 0 Å². The van der Waals surface area contributed by atoms with Gasteiger partial charge in [-0.2, -0.15) is 0 Å². The van der Waals surface area contributed by atoms with E-state index in [1.807, 2.05) is 49.8 Å². The van der Waals surface area contributed by atoms with Crippen LogP contribution in [-0.2, 0) is 16.1 Å². The summed E-state index contributed by atoms with van der Waals surface area (Å²) in [5.74, 6) is -0.0141. The van der Waals surface area contributed by atoms with Crippen LogP contribution in [0, 0.1) is 0 Å². The summed E-state index contributed by atoms with van der Waals surface area (Å²) in [6.45, 7) is 8.48. The third kappa shape index (κ3) is 4.06. The minimum absolute atomic E-state index is 0.0141. The lowest BCUT2D eigenvalue weighted by molar-refractivity contribution is -0.117. The van der Waals surface area contributed by atoms with Gasteiger partial charge >= 0.3 is 6.09 Å². The van der Waals surface area contributed by atoms with Gasteiger partial charge in [-0.1, -0.05) is 6.07 Å². The number of nitrogens with one attached hydrogen (secondary N) is 2. The maximum Gasteiger partial charge on any atom is 0.407 e. The van der Waals surface area contributed by atoms with Crippen LogP contribution in [0.25, 0.3) is 11.3 Å². The molecule has 0 spiro atoms. The zero-order chi connectivity index (χ0) is 20.4. The lowest BCUT2D eigenvalue weighted by atomic mass is 9.90. The van der Waals surface area contributed by atoms with Crippen molar-refractivity contribution in [2.75, 3.05) is 11.4 Å². The van der Waals surface area contributed by atoms with Crippen LogP contribution >= 0.6 is 0 Å². The number of carbonyl (C=O) groups excluding carboxylic acids is 2. The van der Waals surface area contributed by atoms with Gasteiger partial charge in [-0.3, -0.25) is 14.6 Å². The van der Waals surface area contributed by atoms with Crippen LogP contribution in [-0.4, -0.2) is 40.5 Å². The van der Waals surface area contributed by atoms with Crippen molar-refractivity contribution in [2.24, 2.45) is 5.73 Å². The van der Waals surface area contributed by atoms with Crippen molar-refractivity contribution < 1.29 is 14.3 Å². The highest BCUT2D eigenvalue weighted by atomic mass is 16.6. The summed E-state index contributed by atoms with van der Waals surface area (Å²) >= 11 is 0. The Balaban J connectivity index is 1.94. The summed E-state index contributed by atoms with van der Waals surface area (Å²) in [4.78, 5) is 26.2. The Morgan fingerprint density at radius 2 is 2.11 bits per heavy atom. The van der Waals surface area contributed by atoms with Gasteiger partial charge in [-0.05, 0) is 44.9 Å². The molecule has 0 aliphatic carbocycles. The van der Waals surface area contributed by atoms with Crippen LogP contribution in [0.2, 0.25) is 0 Å². The Kier molecular flexibility index (Phi) is 5.79. The Labute approximate surface area is 165 Å². The molecule has 0 radical (unpaired) electrons. The molecule has 2 atom stereocenters. The van der Waals surface area contributed by atoms with Crippen molar-refractivity contribution >= 4 is 17.7 Å². The fourth-order valence-corrected chi connectivity index (χ4v) is 3.74. The number of amides is 2. The van der Waals surface area contributed by atoms with Gasteiger partial charge in [0.1, 0.15) is 0 Å². The zero-order valence-corrected chi connectivity index (χ0v) is 16.9. The monoisotopic (exact) mass is 387 g/mol. The number of hydrogen-bond donors (Lipinski definition) is 3. The second-order valence-electron chi connectivity index (χ2n) is 7.53. The first kappa shape index (κ1) is 20.0. The molecule has 1 aromatic heterocycles. The molecule has 152 valence electrons. The molecule has 0 fully saturated rings. The molecule has 0 bridgehead atoms. The number of benzene rings is 1. The number of H-pyrrole nitrogens is 1. The molecular formula is C20H29N5O3. The SMILES string of the molecule is CC(=O)N1c2ccc(-c3cn(CCN)[nH]3)cc2C(NC(=O)OC(C)C)CC1C. The second-order valence-corrected chi connectivity index (χ2v) is 7.53. The summed E-state index contributed by atoms with van der Waals surface area (Å²) in [5.41, 5.74) is 9.27. The van der Waals surface area contributed by atoms with Crippen LogP contribution in [0.4, 0.5) is 10.5 Å². The van der Waals surface area contributed by atoms with Gasteiger partial charge in [-0.25, -0.2) is 4.79 Å². The zero-order valence-electron chi connectivity index (χ0n) is 16.9. The van der Waals surface area contributed by atoms with E-state index in [-0.39, 0.29) is 24.1 Å². The first-order chi connectivity index (χ1) is 13.3. The van der Waals surface area contributed by atoms with Gasteiger partial charge in [0.2, 0.25) is 5.91 Å². The molecule has 0 saturated heterocycles. The average Bonchev–Trinajstić information content (AvgIpc) is 2.56. The Morgan fingerprint density at radius 3 is 2.71 bits per heavy atom. The third-order valence-electron chi connectivity index (χ3n) is 4.88. The quantitative estimate of drug-likeness (QED) is 0.733. The number of alkyl carbamates (subject to hydrolysis) is 1. The Hall–Kier alpha value is -2.74. The van der Waals surface area contributed by atoms with Crippen LogP contribution in [0.1, 0.15) is 45.7 Å². The van der Waals surface area contributed by atoms with Crippen LogP contribution in [0.5, 0.6) is 0 Å². The van der Waals surface area contributed by atoms with Gasteiger partial charge in [0, 0.05) is 37.0 Å². The minimum Gasteiger partial charge on any atom is -0.447 e. The Morgan fingerprint density at radius 1 is 1.39 bits per heavy atom. The van der Waals surface area contributed by atoms with E-state index in [2.05, 4.69) is 10.4 Å². The van der Waals surface area contributed by atoms with E-state index in [1.54, 1.807) is 11.8 Å². The van der Waals surface area contributed by atoms with E-state index in [9.17, 15) is 9.59 Å². The number of fused-ring (bicyclic) bond motifs is 1. The average molecular weight is 387 g/mol. The number of ether oxygens (including phenoxy) is 1. The number of aromatic amines is 1. The molecule has 4 N–H and O–H groups in total. The number of anilines is 1. The van der Waals surface area contributed by atoms with Crippen LogP contribution < -0.4 is 16.0 Å². The maximum atomic E-state index is 12.2. The van der Waals surface area contributed by atoms with E-state index < -0.39 is 6.09 Å². The fraction of sp³-hybridized carbons (Fsp3) is 0.500. The van der Waals surface area contributed by atoms with Gasteiger partial charge in [0.05, 0.1) is 24.4 Å². The van der Waals surface area contributed by atoms with Crippen molar-refractivity contribution in [1.29, 1.82) is 0 Å². The van der Waals surface area contributed by atoms with Crippen molar-refractivity contribution in [3.8, 4) is 11.3 Å². The number of hydrogen-bond acceptors (Lipinski definition) is 4. The first-order valence-electron chi connectivity index (χ1n) is 9.66. The molecule has 2 unspecified atom stereocenters. The standard InChI is InChI=1S/C20H29N5O3/c1-12(2)28-20(27)22-17-9-13(3)25(14(4)26)19-6-5-15(10-16(17)19)18-11-24(23-18)8-7-21/h5-6,10-13,17,23H,7-9,21H2,1-4H3,(H,22,27). The molecule has 2 heterocycles. The molecule has 1 aliphatic rings. The minimum atomic E-state index is -0.449. The summed E-state index contributed by atoms with van der Waals surface area (Å²) in [6.07, 6.45) is 1.97. The van der Waals surface area contributed by atoms with E-state index in [0.717, 1.165) is 29.1 Å². The lowest BCUT2D eigenvalue weighted by Crippen LogP contribution is -2.45. The normalized spacial score (nSPS) is 18.9. The summed E-state index contributed by atoms with van der Waals surface area (Å²) < 4.78 is 7.18. The maximum absolute atomic E-state index is 12.2. The number of nitrogens with zero attached hydrogens (tertiary/aromatic N) is 2.